The number of ether oxygens (including phenoxy) is 1. The minimum Gasteiger partial charge on any atom is -0.444 e. The fraction of sp³-hybridized carbons (Fsp3) is 0.192. The van der Waals surface area contributed by atoms with Gasteiger partial charge in [-0.1, -0.05) is 84.4 Å². The highest BCUT2D eigenvalue weighted by Crippen LogP contribution is 2.52. The fourth-order valence-corrected chi connectivity index (χ4v) is 4.73. The lowest BCUT2D eigenvalue weighted by molar-refractivity contribution is 0.113. The van der Waals surface area contributed by atoms with Crippen LogP contribution in [0.15, 0.2) is 91.1 Å². The van der Waals surface area contributed by atoms with Gasteiger partial charge in [0.25, 0.3) is 0 Å². The van der Waals surface area contributed by atoms with E-state index in [9.17, 15) is 9.36 Å². The van der Waals surface area contributed by atoms with Crippen molar-refractivity contribution in [3.8, 4) is 5.75 Å². The second-order valence-electron chi connectivity index (χ2n) is 7.74. The normalized spacial score (nSPS) is 13.1. The highest BCUT2D eigenvalue weighted by atomic mass is 35.5. The summed E-state index contributed by atoms with van der Waals surface area (Å²) in [5.74, 6) is 0.133. The molecule has 0 aliphatic carbocycles. The second kappa shape index (κ2) is 12.0. The average molecular weight is 514 g/mol. The third kappa shape index (κ3) is 7.44. The highest BCUT2D eigenvalue weighted by Gasteiger charge is 2.30. The van der Waals surface area contributed by atoms with Gasteiger partial charge in [-0.05, 0) is 35.2 Å². The lowest BCUT2D eigenvalue weighted by Crippen LogP contribution is -2.24. The van der Waals surface area contributed by atoms with Crippen LogP contribution < -0.4 is 4.52 Å². The summed E-state index contributed by atoms with van der Waals surface area (Å²) in [5.41, 5.74) is 2.29. The van der Waals surface area contributed by atoms with Gasteiger partial charge < -0.3 is 9.26 Å². The molecule has 0 unspecified atom stereocenters. The van der Waals surface area contributed by atoms with Gasteiger partial charge >= 0.3 is 13.9 Å². The van der Waals surface area contributed by atoms with Crippen LogP contribution >= 0.6 is 19.4 Å². The van der Waals surface area contributed by atoms with Gasteiger partial charge in [-0.25, -0.2) is 9.36 Å². The van der Waals surface area contributed by atoms with E-state index in [1.165, 1.54) is 4.90 Å². The van der Waals surface area contributed by atoms with E-state index in [4.69, 9.17) is 29.9 Å². The monoisotopic (exact) mass is 513 g/mol. The Balaban J connectivity index is 1.43. The number of halogens is 1. The summed E-state index contributed by atoms with van der Waals surface area (Å²) in [6.45, 7) is 0.705. The molecule has 4 rings (SSSR count). The van der Waals surface area contributed by atoms with Crippen molar-refractivity contribution in [2.75, 3.05) is 6.54 Å². The molecule has 0 aromatic heterocycles. The predicted octanol–water partition coefficient (Wildman–Crippen LogP) is 7.12. The van der Waals surface area contributed by atoms with E-state index in [0.29, 0.717) is 12.1 Å². The van der Waals surface area contributed by atoms with Gasteiger partial charge in [0.05, 0.1) is 18.2 Å². The second-order valence-corrected chi connectivity index (χ2v) is 9.74. The Hall–Kier alpha value is -3.09. The topological polar surface area (TPSA) is 74.3 Å². The molecular weight excluding hydrogens is 489 g/mol. The molecule has 0 N–H and O–H groups in total. The maximum Gasteiger partial charge on any atom is 0.530 e. The maximum absolute atomic E-state index is 13.5. The Kier molecular flexibility index (Phi) is 8.61. The molecule has 0 saturated heterocycles. The molecule has 1 amide bonds. The summed E-state index contributed by atoms with van der Waals surface area (Å²) in [6, 6.07) is 23.4. The molecule has 0 bridgehead atoms. The molecule has 0 atom stereocenters. The molecule has 35 heavy (non-hydrogen) atoms. The standard InChI is InChI=1S/C26H25ClNO6P/c27-24-17-23(18-31-26(29)28-15-7-8-16-28)13-14-25(24)34-35(30,32-19-21-9-3-1-4-10-21)33-20-22-11-5-2-6-12-22/h1-7,9-15,17H,8,16,18-20H2. The van der Waals surface area contributed by atoms with Crippen LogP contribution in [0.2, 0.25) is 5.02 Å². The summed E-state index contributed by atoms with van der Waals surface area (Å²) in [4.78, 5) is 13.6. The van der Waals surface area contributed by atoms with Gasteiger partial charge in [0, 0.05) is 12.7 Å². The Morgan fingerprint density at radius 3 is 2.03 bits per heavy atom. The van der Waals surface area contributed by atoms with Crippen molar-refractivity contribution in [3.63, 3.8) is 0 Å². The molecule has 182 valence electrons. The van der Waals surface area contributed by atoms with Gasteiger partial charge in [-0.15, -0.1) is 0 Å². The first-order valence-corrected chi connectivity index (χ1v) is 12.9. The van der Waals surface area contributed by atoms with Crippen molar-refractivity contribution in [2.24, 2.45) is 0 Å². The molecule has 0 radical (unpaired) electrons. The van der Waals surface area contributed by atoms with Crippen molar-refractivity contribution in [1.82, 2.24) is 4.90 Å². The first kappa shape index (κ1) is 25.0. The third-order valence-electron chi connectivity index (χ3n) is 5.09. The number of carbonyl (C=O) groups is 1. The zero-order chi connectivity index (χ0) is 24.5. The van der Waals surface area contributed by atoms with Crippen LogP contribution in [0.25, 0.3) is 0 Å². The number of hydrogen-bond donors (Lipinski definition) is 0. The lowest BCUT2D eigenvalue weighted by Gasteiger charge is -2.20. The van der Waals surface area contributed by atoms with Crippen molar-refractivity contribution < 1.29 is 27.7 Å². The summed E-state index contributed by atoms with van der Waals surface area (Å²) < 4.78 is 35.8. The molecule has 9 heteroatoms. The fourth-order valence-electron chi connectivity index (χ4n) is 3.24. The zero-order valence-electron chi connectivity index (χ0n) is 18.9. The molecule has 0 spiro atoms. The first-order valence-electron chi connectivity index (χ1n) is 11.1. The first-order chi connectivity index (χ1) is 17.0. The number of benzene rings is 3. The third-order valence-corrected chi connectivity index (χ3v) is 6.70. The Bertz CT molecular complexity index is 1160. The maximum atomic E-state index is 13.5. The van der Waals surface area contributed by atoms with Crippen LogP contribution in [-0.2, 0) is 38.2 Å². The molecule has 0 fully saturated rings. The van der Waals surface area contributed by atoms with E-state index in [1.807, 2.05) is 66.7 Å². The molecule has 7 nitrogen and oxygen atoms in total. The number of amides is 1. The molecule has 1 aliphatic rings. The molecule has 3 aromatic carbocycles. The lowest BCUT2D eigenvalue weighted by atomic mass is 10.2. The van der Waals surface area contributed by atoms with Gasteiger partial charge in [0.1, 0.15) is 12.4 Å². The van der Waals surface area contributed by atoms with E-state index >= 15 is 0 Å². The summed E-state index contributed by atoms with van der Waals surface area (Å²) in [6.07, 6.45) is 3.99. The quantitative estimate of drug-likeness (QED) is 0.269. The minimum atomic E-state index is -4.04. The van der Waals surface area contributed by atoms with Gasteiger partial charge in [-0.2, -0.15) is 0 Å². The van der Waals surface area contributed by atoms with Crippen molar-refractivity contribution >= 4 is 25.5 Å². The number of hydrogen-bond acceptors (Lipinski definition) is 6. The Morgan fingerprint density at radius 2 is 1.49 bits per heavy atom. The van der Waals surface area contributed by atoms with Gasteiger partial charge in [-0.3, -0.25) is 13.9 Å². The smallest absolute Gasteiger partial charge is 0.444 e. The SMILES string of the molecule is O=C(OCc1ccc(OP(=O)(OCc2ccccc2)OCc2ccccc2)c(Cl)c1)N1C=CCC1. The summed E-state index contributed by atoms with van der Waals surface area (Å²) >= 11 is 6.39. The van der Waals surface area contributed by atoms with E-state index < -0.39 is 13.9 Å². The highest BCUT2D eigenvalue weighted by molar-refractivity contribution is 7.48. The van der Waals surface area contributed by atoms with Gasteiger partial charge in [0.15, 0.2) is 0 Å². The minimum absolute atomic E-state index is 0.0313. The number of rotatable bonds is 10. The number of carbonyl (C=O) groups excluding carboxylic acids is 1. The van der Waals surface area contributed by atoms with Crippen LogP contribution in [0.5, 0.6) is 5.75 Å². The number of phosphoric acid groups is 1. The van der Waals surface area contributed by atoms with Crippen molar-refractivity contribution in [1.29, 1.82) is 0 Å². The molecule has 1 heterocycles. The largest absolute Gasteiger partial charge is 0.530 e. The van der Waals surface area contributed by atoms with E-state index in [1.54, 1.807) is 24.4 Å². The van der Waals surface area contributed by atoms with Crippen LogP contribution in [0, 0.1) is 0 Å². The van der Waals surface area contributed by atoms with Crippen molar-refractivity contribution in [3.05, 3.63) is 113 Å². The molecule has 3 aromatic rings. The van der Waals surface area contributed by atoms with E-state index in [2.05, 4.69) is 0 Å². The summed E-state index contributed by atoms with van der Waals surface area (Å²) in [5, 5.41) is 0.187. The van der Waals surface area contributed by atoms with Crippen molar-refractivity contribution in [2.45, 2.75) is 26.2 Å². The average Bonchev–Trinajstić information content (AvgIpc) is 3.43. The van der Waals surface area contributed by atoms with E-state index in [-0.39, 0.29) is 30.6 Å². The van der Waals surface area contributed by atoms with Crippen LogP contribution in [0.1, 0.15) is 23.1 Å². The molecule has 1 aliphatic heterocycles. The van der Waals surface area contributed by atoms with E-state index in [0.717, 1.165) is 17.5 Å². The Labute approximate surface area is 209 Å². The van der Waals surface area contributed by atoms with Crippen LogP contribution in [0.3, 0.4) is 0 Å². The molecule has 0 saturated carbocycles. The number of nitrogens with zero attached hydrogens (tertiary/aromatic N) is 1. The van der Waals surface area contributed by atoms with Crippen LogP contribution in [-0.4, -0.2) is 17.5 Å². The van der Waals surface area contributed by atoms with Gasteiger partial charge in [0.2, 0.25) is 0 Å². The predicted molar refractivity (Wildman–Crippen MR) is 133 cm³/mol. The zero-order valence-corrected chi connectivity index (χ0v) is 20.6. The van der Waals surface area contributed by atoms with Crippen LogP contribution in [0.4, 0.5) is 4.79 Å². The number of phosphoric ester groups is 1. The Morgan fingerprint density at radius 1 is 0.857 bits per heavy atom. The molecular formula is C26H25ClNO6P. The summed E-state index contributed by atoms with van der Waals surface area (Å²) in [7, 11) is -4.04.